The molecule has 1 aliphatic heterocycles. The van der Waals surface area contributed by atoms with E-state index >= 15 is 0 Å². The summed E-state index contributed by atoms with van der Waals surface area (Å²) in [5.74, 6) is -0.946. The molecule has 0 spiro atoms. The number of hydrogen-bond donors (Lipinski definition) is 5. The molecule has 5 N–H and O–H groups in total. The van der Waals surface area contributed by atoms with Gasteiger partial charge in [0.2, 0.25) is 5.91 Å². The van der Waals surface area contributed by atoms with Gasteiger partial charge in [0.25, 0.3) is 0 Å². The Balaban J connectivity index is 2.67. The zero-order valence-electron chi connectivity index (χ0n) is 8.28. The van der Waals surface area contributed by atoms with E-state index in [4.69, 9.17) is 21.4 Å². The highest BCUT2D eigenvalue weighted by atomic mass is 35.5. The Morgan fingerprint density at radius 1 is 1.31 bits per heavy atom. The number of carbonyl (C=O) groups is 1. The number of amides is 1. The fourth-order valence-electron chi connectivity index (χ4n) is 1.48. The van der Waals surface area contributed by atoms with Gasteiger partial charge in [-0.15, -0.1) is 11.6 Å². The number of alkyl halides is 1. The second-order valence-electron chi connectivity index (χ2n) is 3.46. The lowest BCUT2D eigenvalue weighted by atomic mass is 9.97. The van der Waals surface area contributed by atoms with Gasteiger partial charge in [-0.05, 0) is 0 Å². The molecule has 0 saturated carbocycles. The van der Waals surface area contributed by atoms with Crippen LogP contribution in [0.5, 0.6) is 0 Å². The van der Waals surface area contributed by atoms with E-state index in [0.29, 0.717) is 0 Å². The van der Waals surface area contributed by atoms with Crippen molar-refractivity contribution in [3.8, 4) is 0 Å². The number of hydrogen-bond acceptors (Lipinski definition) is 6. The van der Waals surface area contributed by atoms with Crippen molar-refractivity contribution >= 4 is 17.5 Å². The van der Waals surface area contributed by atoms with Crippen LogP contribution in [0.2, 0.25) is 0 Å². The summed E-state index contributed by atoms with van der Waals surface area (Å²) >= 11 is 5.24. The van der Waals surface area contributed by atoms with Crippen LogP contribution in [0, 0.1) is 0 Å². The van der Waals surface area contributed by atoms with E-state index < -0.39 is 43.2 Å². The molecule has 1 fully saturated rings. The molecule has 0 bridgehead atoms. The van der Waals surface area contributed by atoms with Crippen molar-refractivity contribution in [2.24, 2.45) is 0 Å². The molecule has 94 valence electrons. The fraction of sp³-hybridized carbons (Fsp3) is 0.875. The molecule has 0 aromatic rings. The first-order valence-corrected chi connectivity index (χ1v) is 5.20. The zero-order chi connectivity index (χ0) is 12.3. The van der Waals surface area contributed by atoms with Crippen molar-refractivity contribution < 1.29 is 30.0 Å². The third-order valence-electron chi connectivity index (χ3n) is 2.35. The van der Waals surface area contributed by atoms with E-state index in [1.54, 1.807) is 0 Å². The number of carbonyl (C=O) groups excluding carboxylic acids is 1. The Kier molecular flexibility index (Phi) is 4.90. The monoisotopic (exact) mass is 255 g/mol. The summed E-state index contributed by atoms with van der Waals surface area (Å²) in [6, 6.07) is -1.18. The van der Waals surface area contributed by atoms with Crippen molar-refractivity contribution in [3.05, 3.63) is 0 Å². The van der Waals surface area contributed by atoms with Gasteiger partial charge in [-0.25, -0.2) is 0 Å². The summed E-state index contributed by atoms with van der Waals surface area (Å²) < 4.78 is 4.81. The number of rotatable bonds is 3. The van der Waals surface area contributed by atoms with Gasteiger partial charge in [0.05, 0.1) is 6.61 Å². The van der Waals surface area contributed by atoms with Gasteiger partial charge in [0, 0.05) is 0 Å². The van der Waals surface area contributed by atoms with Crippen LogP contribution in [-0.4, -0.2) is 69.5 Å². The molecule has 1 heterocycles. The smallest absolute Gasteiger partial charge is 0.235 e. The maximum Gasteiger partial charge on any atom is 0.235 e. The van der Waals surface area contributed by atoms with Crippen LogP contribution >= 0.6 is 11.6 Å². The molecule has 1 aliphatic rings. The van der Waals surface area contributed by atoms with Crippen LogP contribution in [0.4, 0.5) is 0 Å². The van der Waals surface area contributed by atoms with Crippen LogP contribution in [0.3, 0.4) is 0 Å². The Morgan fingerprint density at radius 2 is 1.94 bits per heavy atom. The van der Waals surface area contributed by atoms with E-state index in [2.05, 4.69) is 5.32 Å². The molecular formula is C8H14ClNO6. The lowest BCUT2D eigenvalue weighted by Crippen LogP contribution is -2.64. The normalized spacial score (nSPS) is 39.4. The highest BCUT2D eigenvalue weighted by Gasteiger charge is 2.44. The number of ether oxygens (including phenoxy) is 1. The second kappa shape index (κ2) is 5.76. The summed E-state index contributed by atoms with van der Waals surface area (Å²) in [6.45, 7) is -0.550. The molecule has 1 amide bonds. The molecule has 0 aliphatic carbocycles. The minimum Gasteiger partial charge on any atom is -0.394 e. The Morgan fingerprint density at radius 3 is 2.44 bits per heavy atom. The molecule has 7 nitrogen and oxygen atoms in total. The van der Waals surface area contributed by atoms with Crippen molar-refractivity contribution in [2.75, 3.05) is 12.5 Å². The third kappa shape index (κ3) is 2.82. The first-order valence-electron chi connectivity index (χ1n) is 4.67. The van der Waals surface area contributed by atoms with Crippen LogP contribution in [0.15, 0.2) is 0 Å². The van der Waals surface area contributed by atoms with Crippen LogP contribution < -0.4 is 5.32 Å². The van der Waals surface area contributed by atoms with E-state index in [1.807, 2.05) is 0 Å². The minimum atomic E-state index is -1.51. The Labute approximate surface area is 96.6 Å². The molecule has 5 atom stereocenters. The second-order valence-corrected chi connectivity index (χ2v) is 3.72. The molecule has 1 saturated heterocycles. The lowest BCUT2D eigenvalue weighted by Gasteiger charge is -2.40. The Bertz CT molecular complexity index is 253. The SMILES string of the molecule is O=C(CCl)N[C@@H]1[C@@H](O)[C@H](O)[C@@H](CO)O[C@H]1O. The van der Waals surface area contributed by atoms with E-state index in [-0.39, 0.29) is 5.88 Å². The summed E-state index contributed by atoms with van der Waals surface area (Å²) in [6.07, 6.45) is -5.43. The van der Waals surface area contributed by atoms with Gasteiger partial charge >= 0.3 is 0 Å². The molecular weight excluding hydrogens is 242 g/mol. The summed E-state index contributed by atoms with van der Waals surface area (Å²) in [5, 5.41) is 39.5. The quantitative estimate of drug-likeness (QED) is 0.346. The largest absolute Gasteiger partial charge is 0.394 e. The maximum absolute atomic E-state index is 11.0. The van der Waals surface area contributed by atoms with Gasteiger partial charge in [-0.3, -0.25) is 4.79 Å². The highest BCUT2D eigenvalue weighted by Crippen LogP contribution is 2.19. The van der Waals surface area contributed by atoms with Gasteiger partial charge < -0.3 is 30.5 Å². The maximum atomic E-state index is 11.0. The number of aliphatic hydroxyl groups is 4. The number of halogens is 1. The number of aliphatic hydroxyl groups excluding tert-OH is 4. The minimum absolute atomic E-state index is 0.338. The zero-order valence-corrected chi connectivity index (χ0v) is 9.04. The first kappa shape index (κ1) is 13.6. The molecule has 8 heteroatoms. The van der Waals surface area contributed by atoms with Gasteiger partial charge in [0.15, 0.2) is 6.29 Å². The fourth-order valence-corrected chi connectivity index (χ4v) is 1.55. The van der Waals surface area contributed by atoms with Crippen LogP contribution in [-0.2, 0) is 9.53 Å². The van der Waals surface area contributed by atoms with Crippen molar-refractivity contribution in [3.63, 3.8) is 0 Å². The standard InChI is InChI=1S/C8H14ClNO6/c9-1-4(12)10-5-7(14)6(13)3(2-11)16-8(5)15/h3,5-8,11,13-15H,1-2H2,(H,10,12)/t3-,5-,6-,7-,8-/m1/s1. The summed E-state index contributed by atoms with van der Waals surface area (Å²) in [4.78, 5) is 11.0. The number of nitrogens with one attached hydrogen (secondary N) is 1. The van der Waals surface area contributed by atoms with Gasteiger partial charge in [-0.2, -0.15) is 0 Å². The molecule has 0 aromatic carbocycles. The average Bonchev–Trinajstić information content (AvgIpc) is 2.28. The summed E-state index contributed by atoms with van der Waals surface area (Å²) in [5.41, 5.74) is 0. The highest BCUT2D eigenvalue weighted by molar-refractivity contribution is 6.27. The van der Waals surface area contributed by atoms with Gasteiger partial charge in [0.1, 0.15) is 30.2 Å². The lowest BCUT2D eigenvalue weighted by molar-refractivity contribution is -0.253. The molecule has 0 radical (unpaired) electrons. The predicted octanol–water partition coefficient (Wildman–Crippen LogP) is -2.86. The Hall–Kier alpha value is -0.440. The molecule has 0 unspecified atom stereocenters. The van der Waals surface area contributed by atoms with Gasteiger partial charge in [-0.1, -0.05) is 0 Å². The molecule has 16 heavy (non-hydrogen) atoms. The van der Waals surface area contributed by atoms with Crippen molar-refractivity contribution in [1.82, 2.24) is 5.32 Å². The molecule has 0 aromatic heterocycles. The topological polar surface area (TPSA) is 119 Å². The van der Waals surface area contributed by atoms with Crippen LogP contribution in [0.25, 0.3) is 0 Å². The van der Waals surface area contributed by atoms with Crippen molar-refractivity contribution in [1.29, 1.82) is 0 Å². The summed E-state index contributed by atoms with van der Waals surface area (Å²) in [7, 11) is 0. The average molecular weight is 256 g/mol. The van der Waals surface area contributed by atoms with Crippen molar-refractivity contribution in [2.45, 2.75) is 30.6 Å². The van der Waals surface area contributed by atoms with E-state index in [1.165, 1.54) is 0 Å². The first-order chi connectivity index (χ1) is 7.51. The predicted molar refractivity (Wildman–Crippen MR) is 52.6 cm³/mol. The van der Waals surface area contributed by atoms with Crippen LogP contribution in [0.1, 0.15) is 0 Å². The third-order valence-corrected chi connectivity index (χ3v) is 2.59. The van der Waals surface area contributed by atoms with E-state index in [0.717, 1.165) is 0 Å². The van der Waals surface area contributed by atoms with E-state index in [9.17, 15) is 20.1 Å². The molecule has 1 rings (SSSR count).